The average Bonchev–Trinajstić information content (AvgIpc) is 2.76. The lowest BCUT2D eigenvalue weighted by molar-refractivity contribution is -0.394. The fourth-order valence-corrected chi connectivity index (χ4v) is 2.39. The predicted octanol–water partition coefficient (Wildman–Crippen LogP) is 2.18. The summed E-state index contributed by atoms with van der Waals surface area (Å²) in [7, 11) is 0. The number of carbonyl (C=O) groups excluding carboxylic acids is 1. The molecule has 0 amide bonds. The van der Waals surface area contributed by atoms with Gasteiger partial charge in [0, 0.05) is 23.4 Å². The zero-order chi connectivity index (χ0) is 15.3. The van der Waals surface area contributed by atoms with Crippen LogP contribution in [0.25, 0.3) is 6.08 Å². The first-order chi connectivity index (χ1) is 9.88. The molecule has 0 atom stereocenters. The van der Waals surface area contributed by atoms with Crippen molar-refractivity contribution in [1.29, 1.82) is 0 Å². The molecule has 0 N–H and O–H groups in total. The van der Waals surface area contributed by atoms with Gasteiger partial charge in [0.1, 0.15) is 0 Å². The van der Waals surface area contributed by atoms with E-state index in [4.69, 9.17) is 0 Å². The molecule has 8 nitrogen and oxygen atoms in total. The maximum absolute atomic E-state index is 11.9. The van der Waals surface area contributed by atoms with E-state index in [9.17, 15) is 25.0 Å². The van der Waals surface area contributed by atoms with E-state index in [1.807, 2.05) is 0 Å². The molecule has 21 heavy (non-hydrogen) atoms. The molecule has 1 aromatic carbocycles. The third-order valence-electron chi connectivity index (χ3n) is 3.23. The van der Waals surface area contributed by atoms with Crippen LogP contribution in [0.15, 0.2) is 34.5 Å². The number of aliphatic imine (C=N–C) groups is 1. The highest BCUT2D eigenvalue weighted by Gasteiger charge is 2.35. The van der Waals surface area contributed by atoms with E-state index in [0.29, 0.717) is 5.70 Å². The van der Waals surface area contributed by atoms with Crippen LogP contribution in [-0.4, -0.2) is 21.3 Å². The molecule has 1 aliphatic heterocycles. The van der Waals surface area contributed by atoms with Crippen molar-refractivity contribution in [1.82, 2.24) is 0 Å². The lowest BCUT2D eigenvalue weighted by atomic mass is 10.00. The third-order valence-corrected chi connectivity index (χ3v) is 3.23. The molecule has 1 aromatic rings. The van der Waals surface area contributed by atoms with E-state index in [1.165, 1.54) is 18.2 Å². The van der Waals surface area contributed by atoms with Crippen LogP contribution in [-0.2, 0) is 4.79 Å². The van der Waals surface area contributed by atoms with Crippen molar-refractivity contribution < 1.29 is 14.6 Å². The van der Waals surface area contributed by atoms with Crippen molar-refractivity contribution >= 4 is 28.9 Å². The van der Waals surface area contributed by atoms with Crippen LogP contribution in [0.3, 0.4) is 0 Å². The van der Waals surface area contributed by atoms with Crippen LogP contribution in [0.5, 0.6) is 0 Å². The summed E-state index contributed by atoms with van der Waals surface area (Å²) < 4.78 is 0. The summed E-state index contributed by atoms with van der Waals surface area (Å²) in [5.74, 6) is -0.314. The summed E-state index contributed by atoms with van der Waals surface area (Å²) in [5, 5.41) is 22.0. The Labute approximate surface area is 117 Å². The highest BCUT2D eigenvalue weighted by molar-refractivity contribution is 6.39. The molecule has 0 spiro atoms. The number of hydrogen-bond acceptors (Lipinski definition) is 6. The van der Waals surface area contributed by atoms with Gasteiger partial charge in [-0.2, -0.15) is 0 Å². The van der Waals surface area contributed by atoms with E-state index in [-0.39, 0.29) is 28.2 Å². The highest BCUT2D eigenvalue weighted by Crippen LogP contribution is 2.38. The largest absolute Gasteiger partial charge is 0.289 e. The Bertz CT molecular complexity index is 832. The van der Waals surface area contributed by atoms with Crippen LogP contribution < -0.4 is 0 Å². The van der Waals surface area contributed by atoms with Gasteiger partial charge < -0.3 is 0 Å². The summed E-state index contributed by atoms with van der Waals surface area (Å²) >= 11 is 0. The number of ketones is 1. The SMILES string of the molecule is CC1=CC(=O)C2=Cc3cc([N+](=O)[O-])cc([N+](=O)[O-])c3C2=N1. The zero-order valence-electron chi connectivity index (χ0n) is 10.7. The number of carbonyl (C=O) groups is 1. The van der Waals surface area contributed by atoms with Crippen LogP contribution >= 0.6 is 0 Å². The molecule has 0 bridgehead atoms. The number of rotatable bonds is 2. The number of allylic oxidation sites excluding steroid dienone is 3. The number of nitrogens with zero attached hydrogens (tertiary/aromatic N) is 3. The van der Waals surface area contributed by atoms with Crippen molar-refractivity contribution in [2.45, 2.75) is 6.92 Å². The molecule has 3 rings (SSSR count). The lowest BCUT2D eigenvalue weighted by Gasteiger charge is -2.09. The van der Waals surface area contributed by atoms with Gasteiger partial charge in [0.05, 0.1) is 27.2 Å². The molecular weight excluding hydrogens is 278 g/mol. The minimum atomic E-state index is -0.707. The first-order valence-corrected chi connectivity index (χ1v) is 5.89. The predicted molar refractivity (Wildman–Crippen MR) is 73.0 cm³/mol. The average molecular weight is 285 g/mol. The first-order valence-electron chi connectivity index (χ1n) is 5.89. The second-order valence-corrected chi connectivity index (χ2v) is 4.61. The standard InChI is InChI=1S/C13H7N3O5/c1-6-2-11(17)9-4-7-3-8(15(18)19)5-10(16(20)21)12(7)13(9)14-6/h2-5H,1H3. The maximum atomic E-state index is 11.9. The van der Waals surface area contributed by atoms with E-state index < -0.39 is 21.2 Å². The number of hydrogen-bond donors (Lipinski definition) is 0. The van der Waals surface area contributed by atoms with Gasteiger partial charge in [-0.25, -0.2) is 0 Å². The van der Waals surface area contributed by atoms with Crippen LogP contribution in [0.2, 0.25) is 0 Å². The molecule has 0 saturated carbocycles. The first kappa shape index (κ1) is 12.9. The van der Waals surface area contributed by atoms with Crippen LogP contribution in [0.1, 0.15) is 18.1 Å². The monoisotopic (exact) mass is 285 g/mol. The number of benzene rings is 1. The zero-order valence-corrected chi connectivity index (χ0v) is 10.7. The molecule has 1 heterocycles. The Kier molecular flexibility index (Phi) is 2.55. The summed E-state index contributed by atoms with van der Waals surface area (Å²) in [4.78, 5) is 36.7. The van der Waals surface area contributed by atoms with Gasteiger partial charge in [-0.05, 0) is 18.6 Å². The maximum Gasteiger partial charge on any atom is 0.286 e. The van der Waals surface area contributed by atoms with Crippen molar-refractivity contribution in [2.24, 2.45) is 4.99 Å². The lowest BCUT2D eigenvalue weighted by Crippen LogP contribution is -2.14. The fraction of sp³-hybridized carbons (Fsp3) is 0.0769. The van der Waals surface area contributed by atoms with E-state index >= 15 is 0 Å². The van der Waals surface area contributed by atoms with Crippen LogP contribution in [0, 0.1) is 20.2 Å². The summed E-state index contributed by atoms with van der Waals surface area (Å²) in [6, 6.07) is 2.09. The summed E-state index contributed by atoms with van der Waals surface area (Å²) in [6.45, 7) is 1.61. The fourth-order valence-electron chi connectivity index (χ4n) is 2.39. The Hall–Kier alpha value is -3.16. The topological polar surface area (TPSA) is 116 Å². The Morgan fingerprint density at radius 2 is 1.81 bits per heavy atom. The summed E-state index contributed by atoms with van der Waals surface area (Å²) in [6.07, 6.45) is 2.72. The number of nitro groups is 2. The highest BCUT2D eigenvalue weighted by atomic mass is 16.6. The van der Waals surface area contributed by atoms with E-state index in [0.717, 1.165) is 6.07 Å². The van der Waals surface area contributed by atoms with Gasteiger partial charge in [0.25, 0.3) is 11.4 Å². The molecule has 0 radical (unpaired) electrons. The van der Waals surface area contributed by atoms with E-state index in [2.05, 4.69) is 4.99 Å². The van der Waals surface area contributed by atoms with Gasteiger partial charge in [-0.15, -0.1) is 0 Å². The van der Waals surface area contributed by atoms with E-state index in [1.54, 1.807) is 6.92 Å². The molecular formula is C13H7N3O5. The number of nitro benzene ring substituents is 2. The Morgan fingerprint density at radius 3 is 2.43 bits per heavy atom. The molecule has 2 aliphatic rings. The van der Waals surface area contributed by atoms with Crippen molar-refractivity contribution in [3.8, 4) is 0 Å². The molecule has 0 saturated heterocycles. The number of fused-ring (bicyclic) bond motifs is 3. The minimum absolute atomic E-state index is 0.154. The normalized spacial score (nSPS) is 15.7. The summed E-state index contributed by atoms with van der Waals surface area (Å²) in [5.41, 5.74) is 0.464. The van der Waals surface area contributed by atoms with Crippen molar-refractivity contribution in [3.63, 3.8) is 0 Å². The minimum Gasteiger partial charge on any atom is -0.289 e. The van der Waals surface area contributed by atoms with Gasteiger partial charge in [-0.3, -0.25) is 30.0 Å². The van der Waals surface area contributed by atoms with Gasteiger partial charge >= 0.3 is 0 Å². The van der Waals surface area contributed by atoms with Gasteiger partial charge in [0.15, 0.2) is 5.78 Å². The smallest absolute Gasteiger partial charge is 0.286 e. The molecule has 1 aliphatic carbocycles. The van der Waals surface area contributed by atoms with Gasteiger partial charge in [-0.1, -0.05) is 0 Å². The quantitative estimate of drug-likeness (QED) is 0.609. The molecule has 0 fully saturated rings. The Morgan fingerprint density at radius 1 is 1.10 bits per heavy atom. The molecule has 104 valence electrons. The molecule has 0 unspecified atom stereocenters. The molecule has 8 heteroatoms. The third kappa shape index (κ3) is 1.84. The Balaban J connectivity index is 2.33. The van der Waals surface area contributed by atoms with Gasteiger partial charge in [0.2, 0.25) is 0 Å². The van der Waals surface area contributed by atoms with Crippen molar-refractivity contribution in [3.05, 3.63) is 60.8 Å². The second kappa shape index (κ2) is 4.17. The van der Waals surface area contributed by atoms with Crippen molar-refractivity contribution in [2.75, 3.05) is 0 Å². The molecule has 0 aromatic heterocycles. The number of non-ortho nitro benzene ring substituents is 1. The second-order valence-electron chi connectivity index (χ2n) is 4.61. The van der Waals surface area contributed by atoms with Crippen LogP contribution in [0.4, 0.5) is 11.4 Å².